The van der Waals surface area contributed by atoms with Crippen LogP contribution >= 0.6 is 15.9 Å². The van der Waals surface area contributed by atoms with Crippen LogP contribution in [0.1, 0.15) is 30.9 Å². The zero-order chi connectivity index (χ0) is 14.9. The summed E-state index contributed by atoms with van der Waals surface area (Å²) in [7, 11) is -3.45. The van der Waals surface area contributed by atoms with Gasteiger partial charge in [-0.25, -0.2) is 13.1 Å². The summed E-state index contributed by atoms with van der Waals surface area (Å²) in [6.45, 7) is 6.65. The van der Waals surface area contributed by atoms with Crippen LogP contribution in [0.4, 0.5) is 0 Å². The Bertz CT molecular complexity index is 601. The minimum Gasteiger partial charge on any atom is -0.314 e. The first-order valence-corrected chi connectivity index (χ1v) is 9.09. The molecule has 0 aliphatic carbocycles. The van der Waals surface area contributed by atoms with Crippen LogP contribution in [-0.2, 0) is 10.0 Å². The summed E-state index contributed by atoms with van der Waals surface area (Å²) in [5, 5.41) is 3.32. The van der Waals surface area contributed by atoms with Crippen molar-refractivity contribution >= 4 is 26.0 Å². The first kappa shape index (κ1) is 15.9. The Kier molecular flexibility index (Phi) is 4.89. The third kappa shape index (κ3) is 3.61. The lowest BCUT2D eigenvalue weighted by Crippen LogP contribution is -2.46. The zero-order valence-corrected chi connectivity index (χ0v) is 14.4. The third-order valence-electron chi connectivity index (χ3n) is 3.69. The van der Waals surface area contributed by atoms with E-state index in [1.54, 1.807) is 6.07 Å². The highest BCUT2D eigenvalue weighted by Crippen LogP contribution is 2.25. The van der Waals surface area contributed by atoms with E-state index in [1.807, 2.05) is 19.9 Å². The lowest BCUT2D eigenvalue weighted by atomic mass is 10.0. The van der Waals surface area contributed by atoms with Gasteiger partial charge in [-0.2, -0.15) is 0 Å². The van der Waals surface area contributed by atoms with Crippen LogP contribution in [0.25, 0.3) is 0 Å². The average Bonchev–Trinajstić information content (AvgIpc) is 2.33. The highest BCUT2D eigenvalue weighted by molar-refractivity contribution is 9.10. The summed E-state index contributed by atoms with van der Waals surface area (Å²) in [5.74, 6) is 0. The predicted molar refractivity (Wildman–Crippen MR) is 84.4 cm³/mol. The molecule has 0 spiro atoms. The Hall–Kier alpha value is -0.430. The molecule has 1 aliphatic heterocycles. The van der Waals surface area contributed by atoms with Crippen LogP contribution in [0.15, 0.2) is 21.5 Å². The van der Waals surface area contributed by atoms with Gasteiger partial charge in [0.2, 0.25) is 10.0 Å². The fourth-order valence-electron chi connectivity index (χ4n) is 2.57. The summed E-state index contributed by atoms with van der Waals surface area (Å²) in [6.07, 6.45) is 1.66. The molecule has 0 aromatic heterocycles. The van der Waals surface area contributed by atoms with Crippen LogP contribution in [0, 0.1) is 13.8 Å². The van der Waals surface area contributed by atoms with E-state index in [0.29, 0.717) is 10.9 Å². The minimum atomic E-state index is -3.45. The summed E-state index contributed by atoms with van der Waals surface area (Å²) >= 11 is 3.43. The Labute approximate surface area is 129 Å². The van der Waals surface area contributed by atoms with Crippen LogP contribution < -0.4 is 10.0 Å². The highest BCUT2D eigenvalue weighted by Gasteiger charge is 2.25. The molecule has 2 unspecified atom stereocenters. The lowest BCUT2D eigenvalue weighted by Gasteiger charge is -2.28. The molecular formula is C14H21BrN2O2S. The number of hydrogen-bond acceptors (Lipinski definition) is 3. The quantitative estimate of drug-likeness (QED) is 0.870. The van der Waals surface area contributed by atoms with Crippen molar-refractivity contribution in [1.29, 1.82) is 0 Å². The second kappa shape index (κ2) is 6.13. The zero-order valence-electron chi connectivity index (χ0n) is 12.0. The number of sulfonamides is 1. The van der Waals surface area contributed by atoms with Gasteiger partial charge in [0.05, 0.1) is 4.90 Å². The second-order valence-corrected chi connectivity index (χ2v) is 8.10. The van der Waals surface area contributed by atoms with E-state index in [9.17, 15) is 8.42 Å². The molecule has 1 fully saturated rings. The summed E-state index contributed by atoms with van der Waals surface area (Å²) in [4.78, 5) is 0.379. The van der Waals surface area contributed by atoms with Crippen molar-refractivity contribution in [3.63, 3.8) is 0 Å². The Morgan fingerprint density at radius 1 is 1.30 bits per heavy atom. The Morgan fingerprint density at radius 3 is 2.65 bits per heavy atom. The maximum atomic E-state index is 12.5. The molecule has 0 bridgehead atoms. The Morgan fingerprint density at radius 2 is 2.00 bits per heavy atom. The largest absolute Gasteiger partial charge is 0.314 e. The molecule has 0 amide bonds. The van der Waals surface area contributed by atoms with Crippen molar-refractivity contribution in [3.8, 4) is 0 Å². The van der Waals surface area contributed by atoms with Crippen molar-refractivity contribution in [3.05, 3.63) is 27.7 Å². The topological polar surface area (TPSA) is 58.2 Å². The van der Waals surface area contributed by atoms with Gasteiger partial charge >= 0.3 is 0 Å². The number of rotatable bonds is 3. The SMILES string of the molecule is Cc1cc(S(=O)(=O)NC2CCNC(C)C2)c(C)cc1Br. The Balaban J connectivity index is 2.24. The van der Waals surface area contributed by atoms with Crippen molar-refractivity contribution in [1.82, 2.24) is 10.0 Å². The monoisotopic (exact) mass is 360 g/mol. The van der Waals surface area contributed by atoms with Gasteiger partial charge in [-0.15, -0.1) is 0 Å². The molecule has 2 atom stereocenters. The maximum Gasteiger partial charge on any atom is 0.241 e. The number of hydrogen-bond donors (Lipinski definition) is 2. The van der Waals surface area contributed by atoms with Crippen LogP contribution in [-0.4, -0.2) is 27.0 Å². The average molecular weight is 361 g/mol. The highest BCUT2D eigenvalue weighted by atomic mass is 79.9. The molecule has 20 heavy (non-hydrogen) atoms. The predicted octanol–water partition coefficient (Wildman–Crippen LogP) is 2.48. The van der Waals surface area contributed by atoms with Gasteiger partial charge in [0.1, 0.15) is 0 Å². The van der Waals surface area contributed by atoms with Crippen LogP contribution in [0.2, 0.25) is 0 Å². The number of benzene rings is 1. The van der Waals surface area contributed by atoms with Gasteiger partial charge in [-0.3, -0.25) is 0 Å². The normalized spacial score (nSPS) is 23.8. The van der Waals surface area contributed by atoms with Gasteiger partial charge in [0, 0.05) is 16.6 Å². The van der Waals surface area contributed by atoms with Crippen molar-refractivity contribution in [2.24, 2.45) is 0 Å². The molecule has 4 nitrogen and oxygen atoms in total. The van der Waals surface area contributed by atoms with E-state index in [2.05, 4.69) is 32.9 Å². The smallest absolute Gasteiger partial charge is 0.241 e. The van der Waals surface area contributed by atoms with Crippen molar-refractivity contribution in [2.75, 3.05) is 6.54 Å². The molecule has 2 N–H and O–H groups in total. The van der Waals surface area contributed by atoms with Gasteiger partial charge in [-0.1, -0.05) is 15.9 Å². The molecule has 1 heterocycles. The number of piperidine rings is 1. The van der Waals surface area contributed by atoms with Crippen LogP contribution in [0.3, 0.4) is 0 Å². The van der Waals surface area contributed by atoms with E-state index < -0.39 is 10.0 Å². The molecule has 1 saturated heterocycles. The third-order valence-corrected chi connectivity index (χ3v) is 6.21. The summed E-state index contributed by atoms with van der Waals surface area (Å²) in [5.41, 5.74) is 1.69. The fraction of sp³-hybridized carbons (Fsp3) is 0.571. The van der Waals surface area contributed by atoms with Gasteiger partial charge in [-0.05, 0) is 63.4 Å². The fourth-order valence-corrected chi connectivity index (χ4v) is 4.62. The van der Waals surface area contributed by atoms with Gasteiger partial charge in [0.15, 0.2) is 0 Å². The standard InChI is InChI=1S/C14H21BrN2O2S/c1-9-7-14(10(2)6-13(9)15)20(18,19)17-12-4-5-16-11(3)8-12/h6-7,11-12,16-17H,4-5,8H2,1-3H3. The van der Waals surface area contributed by atoms with Gasteiger partial charge in [0.25, 0.3) is 0 Å². The van der Waals surface area contributed by atoms with Crippen molar-refractivity contribution < 1.29 is 8.42 Å². The van der Waals surface area contributed by atoms with E-state index in [-0.39, 0.29) is 6.04 Å². The molecule has 6 heteroatoms. The van der Waals surface area contributed by atoms with E-state index >= 15 is 0 Å². The molecule has 0 radical (unpaired) electrons. The summed E-state index contributed by atoms with van der Waals surface area (Å²) < 4.78 is 28.9. The molecule has 1 aromatic rings. The molecule has 2 rings (SSSR count). The van der Waals surface area contributed by atoms with E-state index in [4.69, 9.17) is 0 Å². The number of aryl methyl sites for hydroxylation is 2. The van der Waals surface area contributed by atoms with E-state index in [1.165, 1.54) is 0 Å². The van der Waals surface area contributed by atoms with Crippen LogP contribution in [0.5, 0.6) is 0 Å². The first-order valence-electron chi connectivity index (χ1n) is 6.82. The molecular weight excluding hydrogens is 340 g/mol. The first-order chi connectivity index (χ1) is 9.29. The molecule has 1 aromatic carbocycles. The molecule has 112 valence electrons. The van der Waals surface area contributed by atoms with Gasteiger partial charge < -0.3 is 5.32 Å². The second-order valence-electron chi connectivity index (χ2n) is 5.56. The summed E-state index contributed by atoms with van der Waals surface area (Å²) in [6, 6.07) is 3.95. The number of nitrogens with one attached hydrogen (secondary N) is 2. The van der Waals surface area contributed by atoms with Crippen molar-refractivity contribution in [2.45, 2.75) is 50.6 Å². The molecule has 0 saturated carbocycles. The lowest BCUT2D eigenvalue weighted by molar-refractivity contribution is 0.361. The minimum absolute atomic E-state index is 0.0135. The number of halogens is 1. The maximum absolute atomic E-state index is 12.5. The molecule has 1 aliphatic rings. The van der Waals surface area contributed by atoms with E-state index in [0.717, 1.165) is 35.0 Å².